The number of hydrogen-bond acceptors (Lipinski definition) is 4. The predicted octanol–water partition coefficient (Wildman–Crippen LogP) is 3.70. The number of benzene rings is 2. The van der Waals surface area contributed by atoms with Crippen molar-refractivity contribution >= 4 is 23.4 Å². The summed E-state index contributed by atoms with van der Waals surface area (Å²) in [4.78, 5) is 22.3. The van der Waals surface area contributed by atoms with Gasteiger partial charge in [0, 0.05) is 17.8 Å². The molecule has 120 valence electrons. The van der Waals surface area contributed by atoms with Gasteiger partial charge in [-0.1, -0.05) is 19.1 Å². The number of hydrogen-bond donors (Lipinski definition) is 1. The Hall–Kier alpha value is -3.46. The van der Waals surface area contributed by atoms with E-state index in [-0.39, 0.29) is 11.3 Å². The Bertz CT molecular complexity index is 816. The Labute approximate surface area is 139 Å². The van der Waals surface area contributed by atoms with Crippen molar-refractivity contribution in [2.75, 3.05) is 5.32 Å². The fraction of sp³-hybridized carbons (Fsp3) is 0.111. The summed E-state index contributed by atoms with van der Waals surface area (Å²) in [5, 5.41) is 22.5. The molecule has 1 amide bonds. The topological polar surface area (TPSA) is 96.0 Å². The number of nitrogens with zero attached hydrogens (tertiary/aromatic N) is 2. The molecule has 0 aliphatic carbocycles. The van der Waals surface area contributed by atoms with Gasteiger partial charge in [-0.25, -0.2) is 0 Å². The largest absolute Gasteiger partial charge is 0.321 e. The average Bonchev–Trinajstić information content (AvgIpc) is 2.60. The molecule has 0 heterocycles. The summed E-state index contributed by atoms with van der Waals surface area (Å²) in [5.41, 5.74) is 2.15. The first-order valence-corrected chi connectivity index (χ1v) is 7.30. The highest BCUT2D eigenvalue weighted by Crippen LogP contribution is 2.16. The third-order valence-electron chi connectivity index (χ3n) is 3.40. The smallest absolute Gasteiger partial charge is 0.269 e. The van der Waals surface area contributed by atoms with Crippen molar-refractivity contribution < 1.29 is 9.72 Å². The predicted molar refractivity (Wildman–Crippen MR) is 91.1 cm³/mol. The highest BCUT2D eigenvalue weighted by molar-refractivity contribution is 6.09. The van der Waals surface area contributed by atoms with E-state index in [1.165, 1.54) is 30.3 Å². The van der Waals surface area contributed by atoms with E-state index >= 15 is 0 Å². The molecule has 6 nitrogen and oxygen atoms in total. The number of non-ortho nitro benzene ring substituents is 1. The molecule has 0 saturated carbocycles. The first kappa shape index (κ1) is 16.9. The van der Waals surface area contributed by atoms with Crippen LogP contribution in [0.4, 0.5) is 11.4 Å². The van der Waals surface area contributed by atoms with Gasteiger partial charge in [0.1, 0.15) is 11.6 Å². The van der Waals surface area contributed by atoms with Crippen molar-refractivity contribution in [1.82, 2.24) is 0 Å². The first-order chi connectivity index (χ1) is 11.5. The van der Waals surface area contributed by atoms with E-state index in [9.17, 15) is 20.2 Å². The van der Waals surface area contributed by atoms with Gasteiger partial charge in [-0.15, -0.1) is 0 Å². The van der Waals surface area contributed by atoms with Crippen LogP contribution in [0, 0.1) is 21.4 Å². The van der Waals surface area contributed by atoms with Crippen molar-refractivity contribution in [3.8, 4) is 6.07 Å². The maximum absolute atomic E-state index is 12.2. The maximum atomic E-state index is 12.2. The standard InChI is InChI=1S/C18H15N3O3/c1-2-13-3-7-16(8-4-13)20-18(22)15(12-19)11-14-5-9-17(10-6-14)21(23)24/h3-11H,2H2,1H3,(H,20,22)/b15-11-. The zero-order valence-electron chi connectivity index (χ0n) is 13.0. The molecular formula is C18H15N3O3. The second kappa shape index (κ2) is 7.70. The first-order valence-electron chi connectivity index (χ1n) is 7.30. The average molecular weight is 321 g/mol. The van der Waals surface area contributed by atoms with Crippen LogP contribution in [0.3, 0.4) is 0 Å². The lowest BCUT2D eigenvalue weighted by atomic mass is 10.1. The summed E-state index contributed by atoms with van der Waals surface area (Å²) in [6.07, 6.45) is 2.29. The van der Waals surface area contributed by atoms with Crippen molar-refractivity contribution in [2.45, 2.75) is 13.3 Å². The third kappa shape index (κ3) is 4.27. The highest BCUT2D eigenvalue weighted by atomic mass is 16.6. The lowest BCUT2D eigenvalue weighted by Gasteiger charge is -2.05. The summed E-state index contributed by atoms with van der Waals surface area (Å²) >= 11 is 0. The molecule has 1 N–H and O–H groups in total. The van der Waals surface area contributed by atoms with Crippen molar-refractivity contribution in [3.63, 3.8) is 0 Å². The number of aryl methyl sites for hydroxylation is 1. The van der Waals surface area contributed by atoms with E-state index in [1.807, 2.05) is 25.1 Å². The highest BCUT2D eigenvalue weighted by Gasteiger charge is 2.10. The molecular weight excluding hydrogens is 306 g/mol. The van der Waals surface area contributed by atoms with Gasteiger partial charge < -0.3 is 5.32 Å². The van der Waals surface area contributed by atoms with Crippen molar-refractivity contribution in [3.05, 3.63) is 75.3 Å². The lowest BCUT2D eigenvalue weighted by molar-refractivity contribution is -0.384. The maximum Gasteiger partial charge on any atom is 0.269 e. The number of amides is 1. The van der Waals surface area contributed by atoms with Crippen molar-refractivity contribution in [1.29, 1.82) is 5.26 Å². The van der Waals surface area contributed by atoms with Gasteiger partial charge in [0.2, 0.25) is 0 Å². The van der Waals surface area contributed by atoms with Crippen LogP contribution < -0.4 is 5.32 Å². The number of nitrogens with one attached hydrogen (secondary N) is 1. The number of rotatable bonds is 5. The van der Waals surface area contributed by atoms with E-state index in [2.05, 4.69) is 5.32 Å². The summed E-state index contributed by atoms with van der Waals surface area (Å²) in [6.45, 7) is 2.04. The molecule has 0 atom stereocenters. The van der Waals surface area contributed by atoms with Crippen molar-refractivity contribution in [2.24, 2.45) is 0 Å². The number of nitro benzene ring substituents is 1. The van der Waals surface area contributed by atoms with Crippen LogP contribution in [0.1, 0.15) is 18.1 Å². The Balaban J connectivity index is 2.15. The minimum Gasteiger partial charge on any atom is -0.321 e. The molecule has 0 spiro atoms. The summed E-state index contributed by atoms with van der Waals surface area (Å²) in [5.74, 6) is -0.528. The molecule has 0 aliphatic rings. The molecule has 2 rings (SSSR count). The second-order valence-corrected chi connectivity index (χ2v) is 5.02. The van der Waals surface area contributed by atoms with Crippen LogP contribution in [0.25, 0.3) is 6.08 Å². The van der Waals surface area contributed by atoms with Gasteiger partial charge in [-0.05, 0) is 47.9 Å². The molecule has 0 aliphatic heterocycles. The van der Waals surface area contributed by atoms with Crippen LogP contribution in [-0.4, -0.2) is 10.8 Å². The van der Waals surface area contributed by atoms with Gasteiger partial charge in [0.25, 0.3) is 11.6 Å². The Kier molecular flexibility index (Phi) is 5.42. The second-order valence-electron chi connectivity index (χ2n) is 5.02. The van der Waals surface area contributed by atoms with Crippen LogP contribution in [0.15, 0.2) is 54.1 Å². The molecule has 2 aromatic carbocycles. The van der Waals surface area contributed by atoms with Gasteiger partial charge in [-0.3, -0.25) is 14.9 Å². The summed E-state index contributed by atoms with van der Waals surface area (Å²) < 4.78 is 0. The fourth-order valence-electron chi connectivity index (χ4n) is 2.03. The molecule has 0 unspecified atom stereocenters. The normalized spacial score (nSPS) is 10.8. The fourth-order valence-corrected chi connectivity index (χ4v) is 2.03. The number of nitriles is 1. The monoisotopic (exact) mass is 321 g/mol. The number of carbonyl (C=O) groups excluding carboxylic acids is 1. The molecule has 6 heteroatoms. The van der Waals surface area contributed by atoms with Gasteiger partial charge in [0.15, 0.2) is 0 Å². The zero-order valence-corrected chi connectivity index (χ0v) is 13.0. The Morgan fingerprint density at radius 3 is 2.33 bits per heavy atom. The molecule has 0 aromatic heterocycles. The number of nitro groups is 1. The van der Waals surface area contributed by atoms with Gasteiger partial charge in [-0.2, -0.15) is 5.26 Å². The van der Waals surface area contributed by atoms with Gasteiger partial charge >= 0.3 is 0 Å². The molecule has 0 fully saturated rings. The minimum absolute atomic E-state index is 0.0499. The zero-order chi connectivity index (χ0) is 17.5. The van der Waals surface area contributed by atoms with E-state index in [4.69, 9.17) is 0 Å². The Morgan fingerprint density at radius 2 is 1.83 bits per heavy atom. The van der Waals surface area contributed by atoms with Crippen LogP contribution in [-0.2, 0) is 11.2 Å². The quantitative estimate of drug-likeness (QED) is 0.393. The van der Waals surface area contributed by atoms with E-state index in [1.54, 1.807) is 12.1 Å². The summed E-state index contributed by atoms with van der Waals surface area (Å²) in [6, 6.07) is 14.8. The van der Waals surface area contributed by atoms with Gasteiger partial charge in [0.05, 0.1) is 4.92 Å². The number of anilines is 1. The van der Waals surface area contributed by atoms with Crippen LogP contribution in [0.5, 0.6) is 0 Å². The lowest BCUT2D eigenvalue weighted by Crippen LogP contribution is -2.13. The molecule has 0 saturated heterocycles. The molecule has 24 heavy (non-hydrogen) atoms. The third-order valence-corrected chi connectivity index (χ3v) is 3.40. The molecule has 0 bridgehead atoms. The Morgan fingerprint density at radius 1 is 1.21 bits per heavy atom. The molecule has 2 aromatic rings. The minimum atomic E-state index is -0.528. The summed E-state index contributed by atoms with van der Waals surface area (Å²) in [7, 11) is 0. The van der Waals surface area contributed by atoms with E-state index < -0.39 is 10.8 Å². The molecule has 0 radical (unpaired) electrons. The van der Waals surface area contributed by atoms with Crippen LogP contribution >= 0.6 is 0 Å². The van der Waals surface area contributed by atoms with E-state index in [0.717, 1.165) is 12.0 Å². The SMILES string of the molecule is CCc1ccc(NC(=O)/C(C#N)=C\c2ccc([N+](=O)[O-])cc2)cc1. The van der Waals surface area contributed by atoms with Crippen LogP contribution in [0.2, 0.25) is 0 Å². The number of carbonyl (C=O) groups is 1. The van der Waals surface area contributed by atoms with E-state index in [0.29, 0.717) is 11.3 Å².